The average molecular weight is 1800 g/mol. The highest BCUT2D eigenvalue weighted by molar-refractivity contribution is 5.93. The number of nitrogens with zero attached hydrogens (tertiary/aromatic N) is 4. The first-order chi connectivity index (χ1) is 67.7. The molecule has 138 heavy (non-hydrogen) atoms. The Hall–Kier alpha value is -17.7. The van der Waals surface area contributed by atoms with E-state index >= 15 is 17.6 Å². The third-order valence-corrected chi connectivity index (χ3v) is 26.5. The highest BCUT2D eigenvalue weighted by Gasteiger charge is 2.49. The summed E-state index contributed by atoms with van der Waals surface area (Å²) in [5, 5.41) is 0. The zero-order chi connectivity index (χ0) is 93.5. The van der Waals surface area contributed by atoms with E-state index in [-0.39, 0.29) is 34.9 Å². The quantitative estimate of drug-likeness (QED) is 0.0530. The van der Waals surface area contributed by atoms with Crippen LogP contribution in [0.4, 0.5) is 94.6 Å². The summed E-state index contributed by atoms with van der Waals surface area (Å²) in [4.78, 5) is 8.46. The lowest BCUT2D eigenvalue weighted by molar-refractivity contribution is 0.482. The molecular weight excluding hydrogens is 1720 g/mol. The Kier molecular flexibility index (Phi) is 22.6. The van der Waals surface area contributed by atoms with Crippen molar-refractivity contribution in [3.63, 3.8) is 0 Å². The first kappa shape index (κ1) is 85.7. The molecule has 0 radical (unpaired) electrons. The number of anilines is 12. The molecule has 20 aromatic carbocycles. The first-order valence-electron chi connectivity index (χ1n) is 45.6. The molecular formula is C126H84F6N4O2. The molecule has 0 aliphatic heterocycles. The number of rotatable bonds is 25. The van der Waals surface area contributed by atoms with Crippen LogP contribution in [0.5, 0.6) is 23.0 Å². The lowest BCUT2D eigenvalue weighted by atomic mass is 9.67. The van der Waals surface area contributed by atoms with Crippen molar-refractivity contribution in [1.82, 2.24) is 0 Å². The Morgan fingerprint density at radius 3 is 0.594 bits per heavy atom. The van der Waals surface area contributed by atoms with E-state index in [1.807, 2.05) is 121 Å². The van der Waals surface area contributed by atoms with Crippen molar-refractivity contribution >= 4 is 80.4 Å². The highest BCUT2D eigenvalue weighted by Crippen LogP contribution is 2.60. The van der Waals surface area contributed by atoms with Gasteiger partial charge in [-0.25, -0.2) is 26.3 Å². The molecule has 2 unspecified atom stereocenters. The molecule has 0 saturated carbocycles. The van der Waals surface area contributed by atoms with Gasteiger partial charge in [0.2, 0.25) is 0 Å². The summed E-state index contributed by atoms with van der Waals surface area (Å²) in [7, 11) is 0. The molecule has 0 amide bonds. The topological polar surface area (TPSA) is 31.4 Å². The van der Waals surface area contributed by atoms with Crippen LogP contribution in [0.2, 0.25) is 0 Å². The van der Waals surface area contributed by atoms with Crippen molar-refractivity contribution in [2.24, 2.45) is 0 Å². The molecule has 20 aromatic rings. The fourth-order valence-corrected chi connectivity index (χ4v) is 19.9. The highest BCUT2D eigenvalue weighted by atomic mass is 19.1. The minimum absolute atomic E-state index is 0.343. The summed E-state index contributed by atoms with van der Waals surface area (Å²) in [6.45, 7) is 7.78. The Balaban J connectivity index is 0.528. The van der Waals surface area contributed by atoms with Crippen LogP contribution in [0, 0.1) is 34.9 Å². The summed E-state index contributed by atoms with van der Waals surface area (Å²) >= 11 is 0. The molecule has 662 valence electrons. The normalized spacial score (nSPS) is 13.7. The number of hydrogen-bond donors (Lipinski definition) is 0. The lowest BCUT2D eigenvalue weighted by Gasteiger charge is -2.35. The third-order valence-electron chi connectivity index (χ3n) is 26.5. The molecule has 0 bridgehead atoms. The van der Waals surface area contributed by atoms with Crippen molar-refractivity contribution in [2.75, 3.05) is 19.6 Å². The van der Waals surface area contributed by atoms with Gasteiger partial charge in [-0.3, -0.25) is 0 Å². The van der Waals surface area contributed by atoms with Gasteiger partial charge in [-0.1, -0.05) is 232 Å². The van der Waals surface area contributed by atoms with Crippen LogP contribution < -0.4 is 29.1 Å². The second-order valence-corrected chi connectivity index (χ2v) is 34.4. The number of hydrogen-bond acceptors (Lipinski definition) is 6. The molecule has 2 aliphatic carbocycles. The predicted octanol–water partition coefficient (Wildman–Crippen LogP) is 35.0. The number of ether oxygens (including phenoxy) is 2. The monoisotopic (exact) mass is 1800 g/mol. The third kappa shape index (κ3) is 16.1. The standard InChI is InChI=1S/C126H84F6N4O2/c1-3-83-13-71-113(72-14-83)137-115-75-33-93(34-76-115)125(91-29-37-95(127)38-30-91)121-11-7-5-9-117(121)119-79-69-111(81-123(119)125)135(109-65-45-99(131)46-66-109)105-57-25-89(26-58-105)87-21-53-103(54-22-87)133(107-61-41-97(129)42-62-107)101-49-17-85(18-50-101)86-19-51-102(52-20-86)134(108-63-43-98(130)44-64-108)104-55-23-88(24-56-104)90-27-59-106(60-28-90)136(110-67-47-100(132)48-68-110)112-70-80-120-118-10-6-8-12-122(118)126(124(120)82-112,92-31-39-96(128)40-32-92)94-35-77-116(78-36-94)138-114-73-15-84(4-2)16-74-114/h3-82H,1-2H2. The van der Waals surface area contributed by atoms with Crippen molar-refractivity contribution in [2.45, 2.75) is 10.8 Å². The van der Waals surface area contributed by atoms with Crippen molar-refractivity contribution in [1.29, 1.82) is 0 Å². The fourth-order valence-electron chi connectivity index (χ4n) is 19.9. The molecule has 0 fully saturated rings. The minimum Gasteiger partial charge on any atom is -0.457 e. The first-order valence-corrected chi connectivity index (χ1v) is 45.6. The Morgan fingerprint density at radius 2 is 0.362 bits per heavy atom. The maximum absolute atomic E-state index is 15.1. The molecule has 22 rings (SSSR count). The van der Waals surface area contributed by atoms with E-state index in [0.717, 1.165) is 180 Å². The molecule has 0 saturated heterocycles. The summed E-state index contributed by atoms with van der Waals surface area (Å²) in [6.07, 6.45) is 3.58. The second kappa shape index (κ2) is 36.3. The van der Waals surface area contributed by atoms with E-state index in [1.165, 1.54) is 72.8 Å². The van der Waals surface area contributed by atoms with Gasteiger partial charge in [0, 0.05) is 68.2 Å². The molecule has 6 nitrogen and oxygen atoms in total. The largest absolute Gasteiger partial charge is 0.457 e. The van der Waals surface area contributed by atoms with Gasteiger partial charge in [-0.05, 0) is 378 Å². The molecule has 0 spiro atoms. The minimum atomic E-state index is -0.913. The van der Waals surface area contributed by atoms with Crippen LogP contribution in [0.25, 0.3) is 67.8 Å². The Morgan fingerprint density at radius 1 is 0.181 bits per heavy atom. The van der Waals surface area contributed by atoms with Crippen LogP contribution >= 0.6 is 0 Å². The van der Waals surface area contributed by atoms with Crippen molar-refractivity contribution < 1.29 is 35.8 Å². The van der Waals surface area contributed by atoms with Gasteiger partial charge in [0.25, 0.3) is 0 Å². The van der Waals surface area contributed by atoms with Gasteiger partial charge < -0.3 is 29.1 Å². The molecule has 2 aliphatic rings. The molecule has 2 atom stereocenters. The van der Waals surface area contributed by atoms with E-state index < -0.39 is 10.8 Å². The molecule has 0 aromatic heterocycles. The SMILES string of the molecule is C=Cc1ccc(Oc2ccc(C3(c4ccc(F)cc4)c4ccccc4-c4ccc(N(c5ccc(F)cc5)c5ccc(-c6ccc(N(c7ccc(F)cc7)c7ccc(-c8ccc(N(c9ccc(F)cc9)c9ccc(-c%10ccc(N(c%11ccc(F)cc%11)c%11ccc%12c(c%11)C(c%11ccc(F)cc%11)(c%11ccc(Oc%13ccc(C=C)cc%13)cc%11)c%11ccccc%11-%12)cc%10)cc9)cc8)cc7)cc6)cc5)cc43)cc2)cc1. The Labute approximate surface area is 797 Å². The van der Waals surface area contributed by atoms with Crippen LogP contribution in [0.15, 0.2) is 486 Å². The maximum atomic E-state index is 15.1. The van der Waals surface area contributed by atoms with Gasteiger partial charge in [0.05, 0.1) is 10.8 Å². The predicted molar refractivity (Wildman–Crippen MR) is 549 cm³/mol. The van der Waals surface area contributed by atoms with E-state index in [4.69, 9.17) is 9.47 Å². The zero-order valence-electron chi connectivity index (χ0n) is 74.5. The zero-order valence-corrected chi connectivity index (χ0v) is 74.5. The van der Waals surface area contributed by atoms with E-state index in [9.17, 15) is 8.78 Å². The van der Waals surface area contributed by atoms with Crippen molar-refractivity contribution in [3.05, 3.63) is 577 Å². The second-order valence-electron chi connectivity index (χ2n) is 34.4. The summed E-state index contributed by atoms with van der Waals surface area (Å²) in [5.74, 6) is 0.571. The summed E-state index contributed by atoms with van der Waals surface area (Å²) in [6, 6.07) is 151. The fraction of sp³-hybridized carbons (Fsp3) is 0.0159. The van der Waals surface area contributed by atoms with Crippen LogP contribution in [0.3, 0.4) is 0 Å². The van der Waals surface area contributed by atoms with E-state index in [2.05, 4.69) is 263 Å². The van der Waals surface area contributed by atoms with Crippen LogP contribution in [0.1, 0.15) is 55.6 Å². The molecule has 12 heteroatoms. The van der Waals surface area contributed by atoms with Gasteiger partial charge in [0.1, 0.15) is 57.9 Å². The van der Waals surface area contributed by atoms with Gasteiger partial charge >= 0.3 is 0 Å². The molecule has 0 heterocycles. The van der Waals surface area contributed by atoms with Crippen LogP contribution in [-0.4, -0.2) is 0 Å². The number of benzene rings is 20. The number of halogens is 6. The molecule has 0 N–H and O–H groups in total. The smallest absolute Gasteiger partial charge is 0.127 e. The summed E-state index contributed by atoms with van der Waals surface area (Å²) < 4.78 is 103. The van der Waals surface area contributed by atoms with Gasteiger partial charge in [0.15, 0.2) is 0 Å². The van der Waals surface area contributed by atoms with E-state index in [0.29, 0.717) is 23.0 Å². The maximum Gasteiger partial charge on any atom is 0.127 e. The summed E-state index contributed by atoms with van der Waals surface area (Å²) in [5.41, 5.74) is 27.5. The van der Waals surface area contributed by atoms with Gasteiger partial charge in [-0.2, -0.15) is 0 Å². The van der Waals surface area contributed by atoms with Crippen LogP contribution in [-0.2, 0) is 10.8 Å². The lowest BCUT2D eigenvalue weighted by Crippen LogP contribution is -2.28. The average Bonchev–Trinajstić information content (AvgIpc) is 1.54. The van der Waals surface area contributed by atoms with Crippen molar-refractivity contribution in [3.8, 4) is 78.6 Å². The Bertz CT molecular complexity index is 7400. The number of fused-ring (bicyclic) bond motifs is 6. The van der Waals surface area contributed by atoms with E-state index in [1.54, 1.807) is 60.7 Å². The van der Waals surface area contributed by atoms with Gasteiger partial charge in [-0.15, -0.1) is 0 Å².